The molecule has 7 nitrogen and oxygen atoms in total. The first-order chi connectivity index (χ1) is 13.6. The normalized spacial score (nSPS) is 17.9. The Hall–Kier alpha value is -2.00. The lowest BCUT2D eigenvalue weighted by atomic mass is 10.0. The molecule has 0 saturated carbocycles. The van der Waals surface area contributed by atoms with Gasteiger partial charge in [-0.3, -0.25) is 9.59 Å². The summed E-state index contributed by atoms with van der Waals surface area (Å²) in [6.45, 7) is 6.43. The van der Waals surface area contributed by atoms with E-state index in [2.05, 4.69) is 10.6 Å². The van der Waals surface area contributed by atoms with Crippen molar-refractivity contribution in [1.82, 2.24) is 14.9 Å². The van der Waals surface area contributed by atoms with Gasteiger partial charge in [-0.1, -0.05) is 20.3 Å². The highest BCUT2D eigenvalue weighted by atomic mass is 32.2. The lowest BCUT2D eigenvalue weighted by Gasteiger charge is -2.35. The van der Waals surface area contributed by atoms with E-state index in [4.69, 9.17) is 0 Å². The number of rotatable bonds is 7. The topological polar surface area (TPSA) is 95.6 Å². The number of sulfonamides is 1. The van der Waals surface area contributed by atoms with E-state index in [1.54, 1.807) is 6.92 Å². The first-order valence-electron chi connectivity index (χ1n) is 9.97. The third-order valence-corrected chi connectivity index (χ3v) is 7.05. The maximum Gasteiger partial charge on any atom is 0.309 e. The molecule has 1 fully saturated rings. The van der Waals surface area contributed by atoms with Gasteiger partial charge in [0.2, 0.25) is 10.0 Å². The van der Waals surface area contributed by atoms with E-state index in [0.717, 1.165) is 18.9 Å². The summed E-state index contributed by atoms with van der Waals surface area (Å²) in [6.07, 6.45) is 2.72. The predicted octanol–water partition coefficient (Wildman–Crippen LogP) is 1.96. The number of carbonyl (C=O) groups excluding carboxylic acids is 2. The third kappa shape index (κ3) is 6.24. The molecular weight excluding hydrogens is 397 g/mol. The Labute approximate surface area is 172 Å². The number of amides is 2. The fourth-order valence-corrected chi connectivity index (χ4v) is 5.35. The SMILES string of the molecule is Cc1cc(F)ccc1S(=O)(=O)N1CCCC[C@H]1CCNC(=O)C(=O)NCC(C)C. The van der Waals surface area contributed by atoms with Crippen molar-refractivity contribution in [2.45, 2.75) is 57.4 Å². The molecule has 1 aliphatic heterocycles. The molecule has 162 valence electrons. The summed E-state index contributed by atoms with van der Waals surface area (Å²) in [6, 6.07) is 3.38. The van der Waals surface area contributed by atoms with Crippen LogP contribution in [0.3, 0.4) is 0 Å². The zero-order chi connectivity index (χ0) is 21.6. The number of hydrogen-bond acceptors (Lipinski definition) is 4. The molecule has 1 heterocycles. The second-order valence-electron chi connectivity index (χ2n) is 7.82. The summed E-state index contributed by atoms with van der Waals surface area (Å²) in [5.41, 5.74) is 0.365. The zero-order valence-electron chi connectivity index (χ0n) is 17.2. The van der Waals surface area contributed by atoms with E-state index in [0.29, 0.717) is 31.5 Å². The van der Waals surface area contributed by atoms with Crippen molar-refractivity contribution in [3.05, 3.63) is 29.6 Å². The van der Waals surface area contributed by atoms with E-state index in [1.165, 1.54) is 16.4 Å². The minimum atomic E-state index is -3.77. The van der Waals surface area contributed by atoms with Gasteiger partial charge in [-0.25, -0.2) is 12.8 Å². The van der Waals surface area contributed by atoms with Crippen molar-refractivity contribution in [2.24, 2.45) is 5.92 Å². The summed E-state index contributed by atoms with van der Waals surface area (Å²) in [4.78, 5) is 23.7. The van der Waals surface area contributed by atoms with Gasteiger partial charge in [0, 0.05) is 25.7 Å². The molecule has 0 unspecified atom stereocenters. The highest BCUT2D eigenvalue weighted by Gasteiger charge is 2.34. The molecule has 2 amide bonds. The minimum Gasteiger partial charge on any atom is -0.348 e. The van der Waals surface area contributed by atoms with Crippen LogP contribution < -0.4 is 10.6 Å². The van der Waals surface area contributed by atoms with Crippen LogP contribution >= 0.6 is 0 Å². The molecule has 0 radical (unpaired) electrons. The highest BCUT2D eigenvalue weighted by Crippen LogP contribution is 2.28. The van der Waals surface area contributed by atoms with Crippen molar-refractivity contribution >= 4 is 21.8 Å². The van der Waals surface area contributed by atoms with Gasteiger partial charge in [-0.2, -0.15) is 4.31 Å². The Balaban J connectivity index is 2.00. The van der Waals surface area contributed by atoms with Crippen molar-refractivity contribution in [3.63, 3.8) is 0 Å². The molecule has 2 rings (SSSR count). The summed E-state index contributed by atoms with van der Waals surface area (Å²) in [5, 5.41) is 5.11. The second-order valence-corrected chi connectivity index (χ2v) is 9.68. The molecule has 0 bridgehead atoms. The molecule has 1 aromatic rings. The summed E-state index contributed by atoms with van der Waals surface area (Å²) in [5.74, 6) is -1.64. The maximum atomic E-state index is 13.4. The summed E-state index contributed by atoms with van der Waals surface area (Å²) >= 11 is 0. The predicted molar refractivity (Wildman–Crippen MR) is 108 cm³/mol. The van der Waals surface area contributed by atoms with Crippen LogP contribution in [0.1, 0.15) is 45.1 Å². The van der Waals surface area contributed by atoms with Crippen molar-refractivity contribution in [1.29, 1.82) is 0 Å². The Kier molecular flexibility index (Phi) is 8.15. The van der Waals surface area contributed by atoms with E-state index in [-0.39, 0.29) is 23.4 Å². The summed E-state index contributed by atoms with van der Waals surface area (Å²) < 4.78 is 41.1. The minimum absolute atomic E-state index is 0.0999. The van der Waals surface area contributed by atoms with Crippen LogP contribution in [-0.2, 0) is 19.6 Å². The van der Waals surface area contributed by atoms with Gasteiger partial charge in [-0.15, -0.1) is 0 Å². The molecule has 1 aliphatic rings. The van der Waals surface area contributed by atoms with Crippen LogP contribution in [0.4, 0.5) is 4.39 Å². The standard InChI is InChI=1S/C20H30FN3O4S/c1-14(2)13-23-20(26)19(25)22-10-9-17-6-4-5-11-24(17)29(27,28)18-8-7-16(21)12-15(18)3/h7-8,12,14,17H,4-6,9-11,13H2,1-3H3,(H,22,25)(H,23,26)/t17-/m0/s1. The average molecular weight is 428 g/mol. The fraction of sp³-hybridized carbons (Fsp3) is 0.600. The smallest absolute Gasteiger partial charge is 0.309 e. The van der Waals surface area contributed by atoms with E-state index in [9.17, 15) is 22.4 Å². The largest absolute Gasteiger partial charge is 0.348 e. The van der Waals surface area contributed by atoms with Gasteiger partial charge in [-0.05, 0) is 55.9 Å². The number of nitrogens with zero attached hydrogens (tertiary/aromatic N) is 1. The average Bonchev–Trinajstić information content (AvgIpc) is 2.65. The third-order valence-electron chi connectivity index (χ3n) is 4.94. The Morgan fingerprint density at radius 1 is 1.21 bits per heavy atom. The maximum absolute atomic E-state index is 13.4. The Morgan fingerprint density at radius 2 is 1.90 bits per heavy atom. The van der Waals surface area contributed by atoms with Crippen molar-refractivity contribution < 1.29 is 22.4 Å². The molecule has 0 aromatic heterocycles. The first kappa shape index (κ1) is 23.3. The number of halogens is 1. The lowest BCUT2D eigenvalue weighted by Crippen LogP contribution is -2.46. The molecular formula is C20H30FN3O4S. The molecule has 0 aliphatic carbocycles. The molecule has 1 aromatic carbocycles. The van der Waals surface area contributed by atoms with Crippen LogP contribution in [0, 0.1) is 18.7 Å². The molecule has 2 N–H and O–H groups in total. The van der Waals surface area contributed by atoms with E-state index < -0.39 is 27.7 Å². The van der Waals surface area contributed by atoms with Gasteiger partial charge >= 0.3 is 11.8 Å². The Bertz CT molecular complexity index is 842. The first-order valence-corrected chi connectivity index (χ1v) is 11.4. The van der Waals surface area contributed by atoms with E-state index >= 15 is 0 Å². The highest BCUT2D eigenvalue weighted by molar-refractivity contribution is 7.89. The number of piperidine rings is 1. The monoisotopic (exact) mass is 427 g/mol. The van der Waals surface area contributed by atoms with Gasteiger partial charge in [0.1, 0.15) is 5.82 Å². The van der Waals surface area contributed by atoms with Gasteiger partial charge in [0.05, 0.1) is 4.90 Å². The van der Waals surface area contributed by atoms with Crippen LogP contribution in [0.5, 0.6) is 0 Å². The van der Waals surface area contributed by atoms with Crippen LogP contribution in [0.15, 0.2) is 23.1 Å². The number of benzene rings is 1. The fourth-order valence-electron chi connectivity index (χ4n) is 3.42. The molecule has 1 atom stereocenters. The molecule has 1 saturated heterocycles. The molecule has 29 heavy (non-hydrogen) atoms. The van der Waals surface area contributed by atoms with Crippen LogP contribution in [0.2, 0.25) is 0 Å². The van der Waals surface area contributed by atoms with Gasteiger partial charge in [0.15, 0.2) is 0 Å². The van der Waals surface area contributed by atoms with Crippen molar-refractivity contribution in [2.75, 3.05) is 19.6 Å². The number of aryl methyl sites for hydroxylation is 1. The zero-order valence-corrected chi connectivity index (χ0v) is 18.0. The molecule has 9 heteroatoms. The van der Waals surface area contributed by atoms with Gasteiger partial charge < -0.3 is 10.6 Å². The summed E-state index contributed by atoms with van der Waals surface area (Å²) in [7, 11) is -3.77. The molecule has 0 spiro atoms. The van der Waals surface area contributed by atoms with E-state index in [1.807, 2.05) is 13.8 Å². The van der Waals surface area contributed by atoms with Gasteiger partial charge in [0.25, 0.3) is 0 Å². The number of hydrogen-bond donors (Lipinski definition) is 2. The second kappa shape index (κ2) is 10.2. The Morgan fingerprint density at radius 3 is 2.55 bits per heavy atom. The number of nitrogens with one attached hydrogen (secondary N) is 2. The van der Waals surface area contributed by atoms with Crippen LogP contribution in [-0.4, -0.2) is 50.2 Å². The van der Waals surface area contributed by atoms with Crippen molar-refractivity contribution in [3.8, 4) is 0 Å². The quantitative estimate of drug-likeness (QED) is 0.650. The number of carbonyl (C=O) groups is 2. The van der Waals surface area contributed by atoms with Crippen LogP contribution in [0.25, 0.3) is 0 Å². The lowest BCUT2D eigenvalue weighted by molar-refractivity contribution is -0.139.